The number of rotatable bonds is 15. The van der Waals surface area contributed by atoms with Crippen LogP contribution >= 0.6 is 0 Å². The Morgan fingerprint density at radius 3 is 1.91 bits per heavy atom. The summed E-state index contributed by atoms with van der Waals surface area (Å²) in [6.07, 6.45) is 8.87. The van der Waals surface area contributed by atoms with Gasteiger partial charge in [-0.25, -0.2) is 4.79 Å². The van der Waals surface area contributed by atoms with Crippen molar-refractivity contribution in [2.45, 2.75) is 71.6 Å². The van der Waals surface area contributed by atoms with Crippen LogP contribution in [0.25, 0.3) is 10.8 Å². The average Bonchev–Trinajstić information content (AvgIpc) is 2.87. The van der Waals surface area contributed by atoms with E-state index in [2.05, 4.69) is 12.1 Å². The van der Waals surface area contributed by atoms with Crippen LogP contribution in [0.1, 0.15) is 77.2 Å². The second kappa shape index (κ2) is 14.3. The molecule has 0 atom stereocenters. The van der Waals surface area contributed by atoms with Crippen molar-refractivity contribution < 1.29 is 28.6 Å². The van der Waals surface area contributed by atoms with E-state index in [-0.39, 0.29) is 5.97 Å². The molecule has 0 fully saturated rings. The van der Waals surface area contributed by atoms with Gasteiger partial charge in [-0.15, -0.1) is 0 Å². The van der Waals surface area contributed by atoms with Crippen molar-refractivity contribution in [3.63, 3.8) is 0 Å². The van der Waals surface area contributed by atoms with Gasteiger partial charge in [0.05, 0.1) is 44.9 Å². The van der Waals surface area contributed by atoms with Crippen LogP contribution < -0.4 is 18.9 Å². The van der Waals surface area contributed by atoms with Crippen LogP contribution in [0.2, 0.25) is 0 Å². The van der Waals surface area contributed by atoms with Gasteiger partial charge in [0, 0.05) is 12.0 Å². The molecule has 0 bridgehead atoms. The molecule has 2 rings (SSSR count). The monoisotopic (exact) mass is 473 g/mol. The van der Waals surface area contributed by atoms with Crippen molar-refractivity contribution >= 4 is 22.5 Å². The maximum atomic E-state index is 12.3. The minimum Gasteiger partial charge on any atom is -0.496 e. The lowest BCUT2D eigenvalue weighted by Gasteiger charge is -2.19. The Balaban J connectivity index is 2.29. The Kier molecular flexibility index (Phi) is 11.5. The zero-order chi connectivity index (χ0) is 24.9. The predicted octanol–water partition coefficient (Wildman–Crippen LogP) is 6.67. The van der Waals surface area contributed by atoms with Crippen molar-refractivity contribution in [3.8, 4) is 23.0 Å². The van der Waals surface area contributed by atoms with Crippen molar-refractivity contribution in [3.05, 3.63) is 23.8 Å². The van der Waals surface area contributed by atoms with Crippen LogP contribution in [0.3, 0.4) is 0 Å². The molecule has 0 saturated carbocycles. The van der Waals surface area contributed by atoms with E-state index >= 15 is 0 Å². The Labute approximate surface area is 203 Å². The zero-order valence-electron chi connectivity index (χ0n) is 21.5. The van der Waals surface area contributed by atoms with Crippen LogP contribution in [0.15, 0.2) is 23.4 Å². The summed E-state index contributed by atoms with van der Waals surface area (Å²) in [6, 6.07) is 5.47. The van der Waals surface area contributed by atoms with Gasteiger partial charge in [0.2, 0.25) is 0 Å². The number of hydrogen-bond donors (Lipinski definition) is 0. The summed E-state index contributed by atoms with van der Waals surface area (Å²) in [6.45, 7) is 4.15. The van der Waals surface area contributed by atoms with Gasteiger partial charge in [0.15, 0.2) is 0 Å². The first-order chi connectivity index (χ1) is 16.6. The van der Waals surface area contributed by atoms with E-state index in [1.54, 1.807) is 28.4 Å². The molecule has 0 saturated heterocycles. The molecule has 7 heteroatoms. The highest BCUT2D eigenvalue weighted by Crippen LogP contribution is 2.46. The maximum Gasteiger partial charge on any atom is 0.335 e. The molecule has 188 valence electrons. The van der Waals surface area contributed by atoms with Gasteiger partial charge >= 0.3 is 5.97 Å². The molecular weight excluding hydrogens is 434 g/mol. The number of benzene rings is 2. The number of carbonyl (C=O) groups is 1. The molecule has 2 aromatic carbocycles. The lowest BCUT2D eigenvalue weighted by atomic mass is 9.98. The van der Waals surface area contributed by atoms with Crippen LogP contribution in [0.4, 0.5) is 0 Å². The lowest BCUT2D eigenvalue weighted by molar-refractivity contribution is -0.143. The number of methoxy groups -OCH3 is 4. The standard InChI is InChI=1S/C27H39NO6/c1-7-9-10-11-12-13-14-15-24(29)34-28-20(8-2)19-18-23(32-5)25-21(30-3)16-17-22(31-4)26(25)27(19)33-6/h16-18H,7-15H2,1-6H3. The summed E-state index contributed by atoms with van der Waals surface area (Å²) >= 11 is 0. The Morgan fingerprint density at radius 1 is 0.765 bits per heavy atom. The third-order valence-electron chi connectivity index (χ3n) is 5.87. The van der Waals surface area contributed by atoms with E-state index in [0.717, 1.165) is 24.6 Å². The fraction of sp³-hybridized carbons (Fsp3) is 0.556. The Morgan fingerprint density at radius 2 is 1.35 bits per heavy atom. The van der Waals surface area contributed by atoms with Crippen molar-refractivity contribution in [2.24, 2.45) is 5.16 Å². The van der Waals surface area contributed by atoms with E-state index in [4.69, 9.17) is 23.8 Å². The van der Waals surface area contributed by atoms with Gasteiger partial charge in [-0.05, 0) is 31.0 Å². The predicted molar refractivity (Wildman–Crippen MR) is 136 cm³/mol. The van der Waals surface area contributed by atoms with Crippen LogP contribution in [0.5, 0.6) is 23.0 Å². The highest BCUT2D eigenvalue weighted by molar-refractivity contribution is 6.12. The van der Waals surface area contributed by atoms with E-state index in [9.17, 15) is 4.79 Å². The molecule has 34 heavy (non-hydrogen) atoms. The fourth-order valence-electron chi connectivity index (χ4n) is 4.05. The first-order valence-electron chi connectivity index (χ1n) is 12.1. The molecule has 2 aromatic rings. The average molecular weight is 474 g/mol. The van der Waals surface area contributed by atoms with Gasteiger partial charge in [-0.1, -0.05) is 57.5 Å². The Bertz CT molecular complexity index is 969. The summed E-state index contributed by atoms with van der Waals surface area (Å²) in [4.78, 5) is 17.6. The van der Waals surface area contributed by atoms with Crippen molar-refractivity contribution in [2.75, 3.05) is 28.4 Å². The molecule has 7 nitrogen and oxygen atoms in total. The van der Waals surface area contributed by atoms with E-state index in [1.807, 2.05) is 25.1 Å². The minimum atomic E-state index is -0.328. The lowest BCUT2D eigenvalue weighted by Crippen LogP contribution is -2.08. The number of nitrogens with zero attached hydrogens (tertiary/aromatic N) is 1. The van der Waals surface area contributed by atoms with E-state index in [1.165, 1.54) is 25.7 Å². The third-order valence-corrected chi connectivity index (χ3v) is 5.87. The van der Waals surface area contributed by atoms with Gasteiger partial charge in [-0.3, -0.25) is 0 Å². The molecule has 0 unspecified atom stereocenters. The second-order valence-corrected chi connectivity index (χ2v) is 8.11. The smallest absolute Gasteiger partial charge is 0.335 e. The number of fused-ring (bicyclic) bond motifs is 1. The highest BCUT2D eigenvalue weighted by Gasteiger charge is 2.23. The molecule has 0 aromatic heterocycles. The molecule has 0 radical (unpaired) electrons. The molecule has 0 heterocycles. The van der Waals surface area contributed by atoms with E-state index < -0.39 is 0 Å². The first kappa shape index (κ1) is 27.3. The summed E-state index contributed by atoms with van der Waals surface area (Å²) < 4.78 is 22.6. The van der Waals surface area contributed by atoms with Gasteiger partial charge < -0.3 is 23.8 Å². The molecule has 0 aliphatic rings. The first-order valence-corrected chi connectivity index (χ1v) is 12.1. The van der Waals surface area contributed by atoms with Crippen molar-refractivity contribution in [1.82, 2.24) is 0 Å². The Hall–Kier alpha value is -2.96. The largest absolute Gasteiger partial charge is 0.496 e. The maximum absolute atomic E-state index is 12.3. The quantitative estimate of drug-likeness (QED) is 0.124. The van der Waals surface area contributed by atoms with Crippen LogP contribution in [-0.2, 0) is 9.63 Å². The molecule has 0 N–H and O–H groups in total. The number of carbonyl (C=O) groups excluding carboxylic acids is 1. The SMILES string of the molecule is CCCCCCCCCC(=O)ON=C(CC)c1cc(OC)c2c(OC)ccc(OC)c2c1OC. The van der Waals surface area contributed by atoms with E-state index in [0.29, 0.717) is 52.5 Å². The van der Waals surface area contributed by atoms with Crippen molar-refractivity contribution in [1.29, 1.82) is 0 Å². The van der Waals surface area contributed by atoms with Gasteiger partial charge in [0.1, 0.15) is 23.0 Å². The topological polar surface area (TPSA) is 75.6 Å². The van der Waals surface area contributed by atoms with Gasteiger partial charge in [-0.2, -0.15) is 0 Å². The normalized spacial score (nSPS) is 11.4. The number of oxime groups is 1. The number of unbranched alkanes of at least 4 members (excludes halogenated alkanes) is 6. The van der Waals surface area contributed by atoms with Gasteiger partial charge in [0.25, 0.3) is 0 Å². The highest BCUT2D eigenvalue weighted by atomic mass is 16.7. The summed E-state index contributed by atoms with van der Waals surface area (Å²) in [5, 5.41) is 5.64. The van der Waals surface area contributed by atoms with Crippen LogP contribution in [0, 0.1) is 0 Å². The summed E-state index contributed by atoms with van der Waals surface area (Å²) in [5.41, 5.74) is 1.25. The summed E-state index contributed by atoms with van der Waals surface area (Å²) in [5.74, 6) is 2.05. The molecule has 0 aliphatic heterocycles. The number of hydrogen-bond acceptors (Lipinski definition) is 7. The fourth-order valence-corrected chi connectivity index (χ4v) is 4.05. The van der Waals surface area contributed by atoms with Crippen LogP contribution in [-0.4, -0.2) is 40.1 Å². The molecular formula is C27H39NO6. The molecule has 0 aliphatic carbocycles. The minimum absolute atomic E-state index is 0.328. The third kappa shape index (κ3) is 6.78. The number of ether oxygens (including phenoxy) is 4. The second-order valence-electron chi connectivity index (χ2n) is 8.11. The molecule has 0 spiro atoms. The summed E-state index contributed by atoms with van der Waals surface area (Å²) in [7, 11) is 6.38. The zero-order valence-corrected chi connectivity index (χ0v) is 21.5. The molecule has 0 amide bonds.